The molecule has 11 aromatic rings. The molecule has 0 spiro atoms. The van der Waals surface area contributed by atoms with Gasteiger partial charge in [0.25, 0.3) is 0 Å². The van der Waals surface area contributed by atoms with Gasteiger partial charge in [0.15, 0.2) is 17.5 Å². The first-order valence-corrected chi connectivity index (χ1v) is 18.5. The van der Waals surface area contributed by atoms with Gasteiger partial charge in [-0.2, -0.15) is 0 Å². The second-order valence-electron chi connectivity index (χ2n) is 12.7. The molecule has 0 atom stereocenters. The summed E-state index contributed by atoms with van der Waals surface area (Å²) in [4.78, 5) is 15.3. The number of fused-ring (bicyclic) bond motifs is 9. The second kappa shape index (κ2) is 11.2. The lowest BCUT2D eigenvalue weighted by molar-refractivity contribution is 0.670. The number of benzene rings is 7. The third-order valence-electron chi connectivity index (χ3n) is 9.76. The number of thiophene rings is 2. The molecule has 0 saturated carbocycles. The molecule has 6 heteroatoms. The van der Waals surface area contributed by atoms with Gasteiger partial charge in [-0.25, -0.2) is 15.0 Å². The van der Waals surface area contributed by atoms with E-state index in [4.69, 9.17) is 19.4 Å². The van der Waals surface area contributed by atoms with E-state index in [1.807, 2.05) is 35.6 Å². The summed E-state index contributed by atoms with van der Waals surface area (Å²) in [6, 6.07) is 53.0. The zero-order valence-electron chi connectivity index (χ0n) is 27.0. The minimum atomic E-state index is 0.623. The molecule has 0 saturated heterocycles. The summed E-state index contributed by atoms with van der Waals surface area (Å²) in [5.41, 5.74) is 6.84. The molecule has 11 rings (SSSR count). The first-order chi connectivity index (χ1) is 25.3. The van der Waals surface area contributed by atoms with Crippen LogP contribution in [0.4, 0.5) is 0 Å². The van der Waals surface area contributed by atoms with Crippen LogP contribution in [0.25, 0.3) is 108 Å². The monoisotopic (exact) mass is 687 g/mol. The van der Waals surface area contributed by atoms with E-state index in [0.29, 0.717) is 17.5 Å². The Morgan fingerprint density at radius 1 is 0.392 bits per heavy atom. The van der Waals surface area contributed by atoms with E-state index in [2.05, 4.69) is 127 Å². The minimum absolute atomic E-state index is 0.623. The predicted octanol–water partition coefficient (Wildman–Crippen LogP) is 13.2. The van der Waals surface area contributed by atoms with Gasteiger partial charge in [-0.1, -0.05) is 115 Å². The fourth-order valence-corrected chi connectivity index (χ4v) is 9.77. The summed E-state index contributed by atoms with van der Waals surface area (Å²) in [6.07, 6.45) is 0. The van der Waals surface area contributed by atoms with Crippen molar-refractivity contribution in [3.63, 3.8) is 0 Å². The Morgan fingerprint density at radius 2 is 1.02 bits per heavy atom. The lowest BCUT2D eigenvalue weighted by atomic mass is 10.00. The van der Waals surface area contributed by atoms with Gasteiger partial charge in [-0.3, -0.25) is 0 Å². The van der Waals surface area contributed by atoms with Crippen molar-refractivity contribution in [3.05, 3.63) is 152 Å². The zero-order chi connectivity index (χ0) is 33.5. The number of para-hydroxylation sites is 1. The maximum Gasteiger partial charge on any atom is 0.164 e. The predicted molar refractivity (Wildman–Crippen MR) is 215 cm³/mol. The van der Waals surface area contributed by atoms with E-state index in [-0.39, 0.29) is 0 Å². The Bertz CT molecular complexity index is 3160. The Morgan fingerprint density at radius 3 is 1.88 bits per heavy atom. The molecular weight excluding hydrogens is 663 g/mol. The average Bonchev–Trinajstić information content (AvgIpc) is 3.89. The molecule has 4 heterocycles. The van der Waals surface area contributed by atoms with Gasteiger partial charge in [0.1, 0.15) is 11.2 Å². The summed E-state index contributed by atoms with van der Waals surface area (Å²) >= 11 is 3.63. The van der Waals surface area contributed by atoms with Crippen molar-refractivity contribution < 1.29 is 4.42 Å². The highest BCUT2D eigenvalue weighted by Gasteiger charge is 2.20. The number of hydrogen-bond donors (Lipinski definition) is 0. The van der Waals surface area contributed by atoms with E-state index in [1.54, 1.807) is 11.3 Å². The van der Waals surface area contributed by atoms with Crippen LogP contribution in [-0.2, 0) is 0 Å². The molecule has 0 aliphatic carbocycles. The number of furan rings is 1. The summed E-state index contributed by atoms with van der Waals surface area (Å²) in [6.45, 7) is 0. The van der Waals surface area contributed by atoms with E-state index in [1.165, 1.54) is 45.9 Å². The van der Waals surface area contributed by atoms with Crippen LogP contribution in [-0.4, -0.2) is 15.0 Å². The maximum atomic E-state index is 6.67. The molecule has 4 nitrogen and oxygen atoms in total. The van der Waals surface area contributed by atoms with Gasteiger partial charge in [0, 0.05) is 78.9 Å². The summed E-state index contributed by atoms with van der Waals surface area (Å²) in [5, 5.41) is 7.04. The molecule has 4 aromatic heterocycles. The van der Waals surface area contributed by atoms with Crippen LogP contribution >= 0.6 is 22.7 Å². The normalized spacial score (nSPS) is 11.9. The van der Waals surface area contributed by atoms with Gasteiger partial charge in [-0.05, 0) is 36.4 Å². The Kier molecular flexibility index (Phi) is 6.26. The van der Waals surface area contributed by atoms with Crippen LogP contribution in [0, 0.1) is 0 Å². The highest BCUT2D eigenvalue weighted by molar-refractivity contribution is 7.26. The number of hydrogen-bond acceptors (Lipinski definition) is 6. The molecule has 7 aromatic carbocycles. The quantitative estimate of drug-likeness (QED) is 0.185. The first kappa shape index (κ1) is 28.6. The highest BCUT2D eigenvalue weighted by Crippen LogP contribution is 2.44. The molecule has 0 radical (unpaired) electrons. The topological polar surface area (TPSA) is 51.8 Å². The van der Waals surface area contributed by atoms with E-state index >= 15 is 0 Å². The van der Waals surface area contributed by atoms with Crippen molar-refractivity contribution in [1.82, 2.24) is 15.0 Å². The van der Waals surface area contributed by atoms with Crippen LogP contribution in [0.2, 0.25) is 0 Å². The van der Waals surface area contributed by atoms with E-state index < -0.39 is 0 Å². The zero-order valence-corrected chi connectivity index (χ0v) is 28.6. The first-order valence-electron chi connectivity index (χ1n) is 16.9. The van der Waals surface area contributed by atoms with Gasteiger partial charge in [0.05, 0.1) is 0 Å². The molecule has 0 aliphatic rings. The standard InChI is InChI=1S/C45H25N3OS2/c1-2-11-26(12-3-1)43-46-44(48-45(47-43)34-19-10-22-39-40(34)33-14-5-7-21-38(33)50-39)27-23-24-36-35(25-27)30-16-8-15-29(41(30)49-36)32-18-9-17-31-28-13-4-6-20-37(28)51-42(31)32/h1-25H. The molecule has 0 amide bonds. The smallest absolute Gasteiger partial charge is 0.164 e. The average molecular weight is 688 g/mol. The van der Waals surface area contributed by atoms with Crippen molar-refractivity contribution >= 4 is 85.0 Å². The fraction of sp³-hybridized carbons (Fsp3) is 0. The molecule has 0 N–H and O–H groups in total. The summed E-state index contributed by atoms with van der Waals surface area (Å²) in [5.74, 6) is 1.92. The van der Waals surface area contributed by atoms with Gasteiger partial charge < -0.3 is 4.42 Å². The summed E-state index contributed by atoms with van der Waals surface area (Å²) < 4.78 is 11.7. The molecule has 51 heavy (non-hydrogen) atoms. The van der Waals surface area contributed by atoms with Crippen LogP contribution in [0.3, 0.4) is 0 Å². The molecule has 238 valence electrons. The van der Waals surface area contributed by atoms with Crippen molar-refractivity contribution in [2.75, 3.05) is 0 Å². The third kappa shape index (κ3) is 4.47. The number of aromatic nitrogens is 3. The van der Waals surface area contributed by atoms with Crippen molar-refractivity contribution in [2.45, 2.75) is 0 Å². The molecule has 0 bridgehead atoms. The summed E-state index contributed by atoms with van der Waals surface area (Å²) in [7, 11) is 0. The minimum Gasteiger partial charge on any atom is -0.455 e. The largest absolute Gasteiger partial charge is 0.455 e. The van der Waals surface area contributed by atoms with E-state index in [9.17, 15) is 0 Å². The molecular formula is C45H25N3OS2. The van der Waals surface area contributed by atoms with Gasteiger partial charge in [-0.15, -0.1) is 22.7 Å². The van der Waals surface area contributed by atoms with Crippen molar-refractivity contribution in [1.29, 1.82) is 0 Å². The lowest BCUT2D eigenvalue weighted by Crippen LogP contribution is -2.00. The van der Waals surface area contributed by atoms with Crippen LogP contribution in [0.1, 0.15) is 0 Å². The van der Waals surface area contributed by atoms with Crippen molar-refractivity contribution in [3.8, 4) is 45.3 Å². The Balaban J connectivity index is 1.11. The third-order valence-corrected chi connectivity index (χ3v) is 12.1. The van der Waals surface area contributed by atoms with Gasteiger partial charge in [0.2, 0.25) is 0 Å². The fourth-order valence-electron chi connectivity index (χ4n) is 7.41. The van der Waals surface area contributed by atoms with Crippen LogP contribution < -0.4 is 0 Å². The van der Waals surface area contributed by atoms with E-state index in [0.717, 1.165) is 44.2 Å². The highest BCUT2D eigenvalue weighted by atomic mass is 32.1. The molecule has 0 unspecified atom stereocenters. The van der Waals surface area contributed by atoms with Gasteiger partial charge >= 0.3 is 0 Å². The molecule has 0 aliphatic heterocycles. The van der Waals surface area contributed by atoms with Crippen LogP contribution in [0.15, 0.2) is 156 Å². The Hall–Kier alpha value is -6.21. The second-order valence-corrected chi connectivity index (χ2v) is 14.9. The number of nitrogens with zero attached hydrogens (tertiary/aromatic N) is 3. The Labute approximate surface area is 299 Å². The molecule has 0 fully saturated rings. The SMILES string of the molecule is c1ccc(-c2nc(-c3ccc4oc5c(-c6cccc7c6sc6ccccc67)cccc5c4c3)nc(-c3cccc4sc5ccccc5c34)n2)cc1. The lowest BCUT2D eigenvalue weighted by Gasteiger charge is -2.09. The van der Waals surface area contributed by atoms with Crippen LogP contribution in [0.5, 0.6) is 0 Å². The maximum absolute atomic E-state index is 6.67. The van der Waals surface area contributed by atoms with Crippen molar-refractivity contribution in [2.24, 2.45) is 0 Å². The number of rotatable bonds is 4.